The van der Waals surface area contributed by atoms with Crippen molar-refractivity contribution in [3.63, 3.8) is 0 Å². The monoisotopic (exact) mass is 311 g/mol. The average Bonchev–Trinajstić information content (AvgIpc) is 2.68. The van der Waals surface area contributed by atoms with Gasteiger partial charge in [0.15, 0.2) is 11.5 Å². The summed E-state index contributed by atoms with van der Waals surface area (Å²) in [5, 5.41) is 3.92. The molecule has 1 N–H and O–H groups in total. The molecule has 0 unspecified atom stereocenters. The van der Waals surface area contributed by atoms with Crippen LogP contribution in [0.1, 0.15) is 18.9 Å². The Morgan fingerprint density at radius 1 is 1.38 bits per heavy atom. The zero-order chi connectivity index (χ0) is 15.1. The van der Waals surface area contributed by atoms with Crippen molar-refractivity contribution in [1.82, 2.24) is 5.32 Å². The van der Waals surface area contributed by atoms with Gasteiger partial charge in [-0.2, -0.15) is 0 Å². The number of halogens is 1. The van der Waals surface area contributed by atoms with Gasteiger partial charge < -0.3 is 19.5 Å². The molecule has 0 radical (unpaired) electrons. The van der Waals surface area contributed by atoms with Crippen LogP contribution in [0.4, 0.5) is 0 Å². The van der Waals surface area contributed by atoms with E-state index in [1.54, 1.807) is 0 Å². The van der Waals surface area contributed by atoms with E-state index in [4.69, 9.17) is 25.8 Å². The van der Waals surface area contributed by atoms with Crippen LogP contribution in [0, 0.1) is 0 Å². The maximum atomic E-state index is 6.25. The molecule has 1 aliphatic heterocycles. The minimum atomic E-state index is 0.602. The number of fused-ring (bicyclic) bond motifs is 1. The maximum absolute atomic E-state index is 6.25. The van der Waals surface area contributed by atoms with Crippen LogP contribution in [0.15, 0.2) is 24.3 Å². The van der Waals surface area contributed by atoms with Crippen molar-refractivity contribution in [3.8, 4) is 11.5 Å². The van der Waals surface area contributed by atoms with Crippen molar-refractivity contribution in [2.75, 3.05) is 33.0 Å². The van der Waals surface area contributed by atoms with Crippen LogP contribution in [0.25, 0.3) is 0 Å². The minimum absolute atomic E-state index is 0.602. The third-order valence-electron chi connectivity index (χ3n) is 2.96. The summed E-state index contributed by atoms with van der Waals surface area (Å²) in [5.74, 6) is 1.39. The van der Waals surface area contributed by atoms with Gasteiger partial charge in [0.1, 0.15) is 0 Å². The van der Waals surface area contributed by atoms with Gasteiger partial charge in [0.25, 0.3) is 0 Å². The molecule has 0 aromatic heterocycles. The van der Waals surface area contributed by atoms with Crippen molar-refractivity contribution < 1.29 is 14.2 Å². The van der Waals surface area contributed by atoms with E-state index in [1.807, 2.05) is 19.1 Å². The number of hydrogen-bond donors (Lipinski definition) is 1. The van der Waals surface area contributed by atoms with E-state index in [-0.39, 0.29) is 0 Å². The predicted octanol–water partition coefficient (Wildman–Crippen LogP) is 3.18. The molecule has 0 fully saturated rings. The molecule has 5 heteroatoms. The summed E-state index contributed by atoms with van der Waals surface area (Å²) in [5.41, 5.74) is 2.11. The minimum Gasteiger partial charge on any atom is -0.489 e. The standard InChI is InChI=1S/C16H22ClNO3/c1-12(2)11-19-7-4-18-10-13-8-14(17)16-15(9-13)20-5-3-6-21-16/h8-9,18H,1,3-7,10-11H2,2H3. The van der Waals surface area contributed by atoms with Gasteiger partial charge in [0.2, 0.25) is 0 Å². The van der Waals surface area contributed by atoms with Crippen molar-refractivity contribution in [2.45, 2.75) is 19.9 Å². The Labute approximate surface area is 131 Å². The number of nitrogens with one attached hydrogen (secondary N) is 1. The Kier molecular flexibility index (Phi) is 6.36. The van der Waals surface area contributed by atoms with E-state index in [2.05, 4.69) is 11.9 Å². The Bertz CT molecular complexity index is 491. The molecule has 0 saturated heterocycles. The molecule has 0 spiro atoms. The fraction of sp³-hybridized carbons (Fsp3) is 0.500. The third-order valence-corrected chi connectivity index (χ3v) is 3.24. The van der Waals surface area contributed by atoms with Crippen molar-refractivity contribution in [1.29, 1.82) is 0 Å². The molecule has 1 aromatic carbocycles. The number of hydrogen-bond acceptors (Lipinski definition) is 4. The van der Waals surface area contributed by atoms with Gasteiger partial charge in [0, 0.05) is 19.5 Å². The highest BCUT2D eigenvalue weighted by Crippen LogP contribution is 2.37. The number of rotatable bonds is 7. The highest BCUT2D eigenvalue weighted by atomic mass is 35.5. The molecule has 4 nitrogen and oxygen atoms in total. The van der Waals surface area contributed by atoms with E-state index < -0.39 is 0 Å². The van der Waals surface area contributed by atoms with Gasteiger partial charge >= 0.3 is 0 Å². The zero-order valence-corrected chi connectivity index (χ0v) is 13.2. The van der Waals surface area contributed by atoms with Crippen molar-refractivity contribution >= 4 is 11.6 Å². The molecule has 2 rings (SSSR count). The van der Waals surface area contributed by atoms with E-state index in [9.17, 15) is 0 Å². The lowest BCUT2D eigenvalue weighted by molar-refractivity contribution is 0.158. The summed E-state index contributed by atoms with van der Waals surface area (Å²) in [6.45, 7) is 9.81. The lowest BCUT2D eigenvalue weighted by atomic mass is 10.2. The summed E-state index contributed by atoms with van der Waals surface area (Å²) in [6, 6.07) is 3.89. The summed E-state index contributed by atoms with van der Waals surface area (Å²) in [6.07, 6.45) is 0.874. The van der Waals surface area contributed by atoms with E-state index in [1.165, 1.54) is 0 Å². The molecular weight excluding hydrogens is 290 g/mol. The molecule has 1 heterocycles. The Morgan fingerprint density at radius 2 is 2.19 bits per heavy atom. The first-order valence-corrected chi connectivity index (χ1v) is 7.55. The normalized spacial score (nSPS) is 13.8. The van der Waals surface area contributed by atoms with Crippen LogP contribution in [0.2, 0.25) is 5.02 Å². The first-order valence-electron chi connectivity index (χ1n) is 7.17. The van der Waals surface area contributed by atoms with Gasteiger partial charge in [-0.05, 0) is 24.6 Å². The van der Waals surface area contributed by atoms with Crippen LogP contribution in [0.5, 0.6) is 11.5 Å². The topological polar surface area (TPSA) is 39.7 Å². The lowest BCUT2D eigenvalue weighted by Crippen LogP contribution is -2.19. The van der Waals surface area contributed by atoms with E-state index in [0.717, 1.165) is 29.9 Å². The Hall–Kier alpha value is -1.23. The van der Waals surface area contributed by atoms with Gasteiger partial charge in [-0.3, -0.25) is 0 Å². The molecule has 1 aliphatic rings. The van der Waals surface area contributed by atoms with Crippen molar-refractivity contribution in [2.24, 2.45) is 0 Å². The molecule has 0 amide bonds. The molecular formula is C16H22ClNO3. The largest absolute Gasteiger partial charge is 0.489 e. The van der Waals surface area contributed by atoms with Crippen molar-refractivity contribution in [3.05, 3.63) is 34.9 Å². The number of ether oxygens (including phenoxy) is 3. The molecule has 0 bridgehead atoms. The average molecular weight is 312 g/mol. The first-order chi connectivity index (χ1) is 10.2. The third kappa shape index (κ3) is 5.23. The SMILES string of the molecule is C=C(C)COCCNCc1cc(Cl)c2c(c1)OCCCO2. The van der Waals surface area contributed by atoms with Crippen LogP contribution in [0.3, 0.4) is 0 Å². The van der Waals surface area contributed by atoms with E-state index >= 15 is 0 Å². The summed E-state index contributed by atoms with van der Waals surface area (Å²) < 4.78 is 16.7. The maximum Gasteiger partial charge on any atom is 0.179 e. The van der Waals surface area contributed by atoms with Crippen LogP contribution < -0.4 is 14.8 Å². The van der Waals surface area contributed by atoms with Gasteiger partial charge in [-0.1, -0.05) is 23.8 Å². The van der Waals surface area contributed by atoms with Crippen LogP contribution in [-0.2, 0) is 11.3 Å². The fourth-order valence-electron chi connectivity index (χ4n) is 2.01. The Morgan fingerprint density at radius 3 is 3.00 bits per heavy atom. The fourth-order valence-corrected chi connectivity index (χ4v) is 2.30. The highest BCUT2D eigenvalue weighted by molar-refractivity contribution is 6.32. The second-order valence-electron chi connectivity index (χ2n) is 5.14. The smallest absolute Gasteiger partial charge is 0.179 e. The molecule has 0 atom stereocenters. The van der Waals surface area contributed by atoms with E-state index in [0.29, 0.717) is 43.7 Å². The predicted molar refractivity (Wildman–Crippen MR) is 84.4 cm³/mol. The molecule has 21 heavy (non-hydrogen) atoms. The molecule has 116 valence electrons. The lowest BCUT2D eigenvalue weighted by Gasteiger charge is -2.12. The first kappa shape index (κ1) is 16.1. The molecule has 0 saturated carbocycles. The van der Waals surface area contributed by atoms with Crippen LogP contribution in [-0.4, -0.2) is 33.0 Å². The van der Waals surface area contributed by atoms with Gasteiger partial charge in [-0.25, -0.2) is 0 Å². The second-order valence-corrected chi connectivity index (χ2v) is 5.55. The number of benzene rings is 1. The second kappa shape index (κ2) is 8.27. The van der Waals surface area contributed by atoms with Gasteiger partial charge in [0.05, 0.1) is 31.5 Å². The molecule has 0 aliphatic carbocycles. The van der Waals surface area contributed by atoms with Crippen LogP contribution >= 0.6 is 11.6 Å². The quantitative estimate of drug-likeness (QED) is 0.620. The summed E-state index contributed by atoms with van der Waals surface area (Å²) >= 11 is 6.25. The summed E-state index contributed by atoms with van der Waals surface area (Å²) in [7, 11) is 0. The molecule has 1 aromatic rings. The zero-order valence-electron chi connectivity index (χ0n) is 12.4. The summed E-state index contributed by atoms with van der Waals surface area (Å²) in [4.78, 5) is 0. The Balaban J connectivity index is 1.82. The highest BCUT2D eigenvalue weighted by Gasteiger charge is 2.15. The van der Waals surface area contributed by atoms with Gasteiger partial charge in [-0.15, -0.1) is 0 Å².